The van der Waals surface area contributed by atoms with Crippen LogP contribution in [0.2, 0.25) is 0 Å². The second-order valence-corrected chi connectivity index (χ2v) is 4.90. The molecule has 1 amide bonds. The number of benzene rings is 1. The lowest BCUT2D eigenvalue weighted by Gasteiger charge is -2.07. The van der Waals surface area contributed by atoms with Crippen molar-refractivity contribution in [3.63, 3.8) is 0 Å². The molecule has 0 unspecified atom stereocenters. The van der Waals surface area contributed by atoms with Gasteiger partial charge in [0.2, 0.25) is 5.91 Å². The first-order chi connectivity index (χ1) is 9.15. The summed E-state index contributed by atoms with van der Waals surface area (Å²) in [5.41, 5.74) is 2.97. The quantitative estimate of drug-likeness (QED) is 0.840. The molecule has 98 valence electrons. The lowest BCUT2D eigenvalue weighted by molar-refractivity contribution is -0.120. The molecule has 0 saturated carbocycles. The van der Waals surface area contributed by atoms with Gasteiger partial charge in [0.1, 0.15) is 0 Å². The molecular weight excluding hydrogens is 256 g/mol. The molecule has 2 aromatic rings. The van der Waals surface area contributed by atoms with E-state index in [1.807, 2.05) is 43.3 Å². The molecule has 19 heavy (non-hydrogen) atoms. The normalized spacial score (nSPS) is 10.2. The average Bonchev–Trinajstić information content (AvgIpc) is 2.40. The second kappa shape index (κ2) is 6.38. The SMILES string of the molecule is Cc1cccnc1CNC(=O)Cc1ccc(S)cc1. The summed E-state index contributed by atoms with van der Waals surface area (Å²) in [4.78, 5) is 17.0. The number of aromatic nitrogens is 1. The van der Waals surface area contributed by atoms with Gasteiger partial charge in [-0.25, -0.2) is 0 Å². The van der Waals surface area contributed by atoms with Gasteiger partial charge in [-0.05, 0) is 36.2 Å². The molecule has 0 radical (unpaired) electrons. The number of thiol groups is 1. The highest BCUT2D eigenvalue weighted by Crippen LogP contribution is 2.08. The Hall–Kier alpha value is -1.81. The minimum absolute atomic E-state index is 0.00281. The van der Waals surface area contributed by atoms with E-state index in [1.165, 1.54) is 0 Å². The maximum atomic E-state index is 11.8. The Balaban J connectivity index is 1.88. The number of amides is 1. The van der Waals surface area contributed by atoms with Crippen molar-refractivity contribution in [1.29, 1.82) is 0 Å². The van der Waals surface area contributed by atoms with Gasteiger partial charge in [0.25, 0.3) is 0 Å². The molecule has 0 aliphatic rings. The smallest absolute Gasteiger partial charge is 0.224 e. The maximum Gasteiger partial charge on any atom is 0.224 e. The van der Waals surface area contributed by atoms with E-state index in [0.717, 1.165) is 21.7 Å². The minimum atomic E-state index is -0.00281. The van der Waals surface area contributed by atoms with E-state index in [2.05, 4.69) is 22.9 Å². The van der Waals surface area contributed by atoms with Crippen molar-refractivity contribution in [2.24, 2.45) is 0 Å². The third-order valence-electron chi connectivity index (χ3n) is 2.87. The molecule has 3 nitrogen and oxygen atoms in total. The van der Waals surface area contributed by atoms with Crippen LogP contribution < -0.4 is 5.32 Å². The lowest BCUT2D eigenvalue weighted by Crippen LogP contribution is -2.25. The highest BCUT2D eigenvalue weighted by Gasteiger charge is 2.05. The molecule has 0 aliphatic heterocycles. The predicted molar refractivity (Wildman–Crippen MR) is 78.2 cm³/mol. The molecule has 2 rings (SSSR count). The van der Waals surface area contributed by atoms with Crippen LogP contribution in [0.1, 0.15) is 16.8 Å². The molecule has 0 bridgehead atoms. The Labute approximate surface area is 118 Å². The third kappa shape index (κ3) is 4.10. The summed E-state index contributed by atoms with van der Waals surface area (Å²) in [5, 5.41) is 2.88. The number of carbonyl (C=O) groups excluding carboxylic acids is 1. The van der Waals surface area contributed by atoms with Crippen molar-refractivity contribution in [3.05, 3.63) is 59.4 Å². The zero-order valence-electron chi connectivity index (χ0n) is 10.8. The number of nitrogens with one attached hydrogen (secondary N) is 1. The van der Waals surface area contributed by atoms with Crippen molar-refractivity contribution < 1.29 is 4.79 Å². The van der Waals surface area contributed by atoms with Crippen LogP contribution in [0.25, 0.3) is 0 Å². The molecule has 0 fully saturated rings. The van der Waals surface area contributed by atoms with Crippen LogP contribution in [0.3, 0.4) is 0 Å². The summed E-state index contributed by atoms with van der Waals surface area (Å²) in [7, 11) is 0. The Morgan fingerprint density at radius 1 is 1.26 bits per heavy atom. The summed E-state index contributed by atoms with van der Waals surface area (Å²) in [6.45, 7) is 2.45. The van der Waals surface area contributed by atoms with Crippen LogP contribution in [0.4, 0.5) is 0 Å². The van der Waals surface area contributed by atoms with Crippen molar-refractivity contribution >= 4 is 18.5 Å². The number of hydrogen-bond acceptors (Lipinski definition) is 3. The van der Waals surface area contributed by atoms with Gasteiger partial charge in [0.15, 0.2) is 0 Å². The van der Waals surface area contributed by atoms with Crippen molar-refractivity contribution in [3.8, 4) is 0 Å². The highest BCUT2D eigenvalue weighted by molar-refractivity contribution is 7.80. The number of carbonyl (C=O) groups is 1. The van der Waals surface area contributed by atoms with Gasteiger partial charge in [-0.3, -0.25) is 9.78 Å². The molecule has 0 aliphatic carbocycles. The van der Waals surface area contributed by atoms with Crippen LogP contribution in [0, 0.1) is 6.92 Å². The summed E-state index contributed by atoms with van der Waals surface area (Å²) in [6, 6.07) is 11.5. The second-order valence-electron chi connectivity index (χ2n) is 4.39. The highest BCUT2D eigenvalue weighted by atomic mass is 32.1. The first kappa shape index (κ1) is 13.6. The van der Waals surface area contributed by atoms with E-state index in [9.17, 15) is 4.79 Å². The lowest BCUT2D eigenvalue weighted by atomic mass is 10.1. The van der Waals surface area contributed by atoms with Gasteiger partial charge in [0.05, 0.1) is 18.7 Å². The zero-order valence-corrected chi connectivity index (χ0v) is 11.7. The Morgan fingerprint density at radius 3 is 2.68 bits per heavy atom. The van der Waals surface area contributed by atoms with E-state index in [4.69, 9.17) is 0 Å². The summed E-state index contributed by atoms with van der Waals surface area (Å²) >= 11 is 4.21. The Morgan fingerprint density at radius 2 is 2.00 bits per heavy atom. The molecule has 0 saturated heterocycles. The van der Waals surface area contributed by atoms with Crippen molar-refractivity contribution in [2.45, 2.75) is 24.8 Å². The van der Waals surface area contributed by atoms with Gasteiger partial charge in [0, 0.05) is 11.1 Å². The van der Waals surface area contributed by atoms with E-state index in [0.29, 0.717) is 13.0 Å². The van der Waals surface area contributed by atoms with E-state index in [1.54, 1.807) is 6.20 Å². The monoisotopic (exact) mass is 272 g/mol. The van der Waals surface area contributed by atoms with Gasteiger partial charge in [-0.1, -0.05) is 18.2 Å². The summed E-state index contributed by atoms with van der Waals surface area (Å²) < 4.78 is 0. The minimum Gasteiger partial charge on any atom is -0.350 e. The molecule has 1 aromatic heterocycles. The fraction of sp³-hybridized carbons (Fsp3) is 0.200. The summed E-state index contributed by atoms with van der Waals surface area (Å²) in [5.74, 6) is -0.00281. The molecule has 0 spiro atoms. The number of hydrogen-bond donors (Lipinski definition) is 2. The van der Waals surface area contributed by atoms with Crippen LogP contribution >= 0.6 is 12.6 Å². The fourth-order valence-corrected chi connectivity index (χ4v) is 1.90. The van der Waals surface area contributed by atoms with Crippen LogP contribution in [-0.2, 0) is 17.8 Å². The number of pyridine rings is 1. The topological polar surface area (TPSA) is 42.0 Å². The third-order valence-corrected chi connectivity index (χ3v) is 3.17. The number of aryl methyl sites for hydroxylation is 1. The largest absolute Gasteiger partial charge is 0.350 e. The first-order valence-electron chi connectivity index (χ1n) is 6.10. The van der Waals surface area contributed by atoms with E-state index in [-0.39, 0.29) is 5.91 Å². The molecule has 1 aromatic carbocycles. The Kier molecular flexibility index (Phi) is 4.58. The van der Waals surface area contributed by atoms with Gasteiger partial charge in [-0.2, -0.15) is 0 Å². The van der Waals surface area contributed by atoms with Gasteiger partial charge in [-0.15, -0.1) is 12.6 Å². The first-order valence-corrected chi connectivity index (χ1v) is 6.55. The maximum absolute atomic E-state index is 11.8. The molecule has 1 heterocycles. The van der Waals surface area contributed by atoms with Crippen molar-refractivity contribution in [2.75, 3.05) is 0 Å². The van der Waals surface area contributed by atoms with Crippen LogP contribution in [0.15, 0.2) is 47.5 Å². The Bertz CT molecular complexity index is 567. The fourth-order valence-electron chi connectivity index (χ4n) is 1.75. The van der Waals surface area contributed by atoms with Crippen LogP contribution in [0.5, 0.6) is 0 Å². The number of nitrogens with zero attached hydrogens (tertiary/aromatic N) is 1. The predicted octanol–water partition coefficient (Wildman–Crippen LogP) is 2.54. The molecule has 4 heteroatoms. The molecule has 0 atom stereocenters. The van der Waals surface area contributed by atoms with Gasteiger partial charge < -0.3 is 5.32 Å². The van der Waals surface area contributed by atoms with E-state index >= 15 is 0 Å². The zero-order chi connectivity index (χ0) is 13.7. The van der Waals surface area contributed by atoms with E-state index < -0.39 is 0 Å². The number of rotatable bonds is 4. The average molecular weight is 272 g/mol. The van der Waals surface area contributed by atoms with Crippen LogP contribution in [-0.4, -0.2) is 10.9 Å². The standard InChI is InChI=1S/C15H16N2OS/c1-11-3-2-8-16-14(11)10-17-15(18)9-12-4-6-13(19)7-5-12/h2-8,19H,9-10H2,1H3,(H,17,18). The molecular formula is C15H16N2OS. The molecule has 1 N–H and O–H groups in total. The van der Waals surface area contributed by atoms with Crippen molar-refractivity contribution in [1.82, 2.24) is 10.3 Å². The summed E-state index contributed by atoms with van der Waals surface area (Å²) in [6.07, 6.45) is 2.11. The van der Waals surface area contributed by atoms with Gasteiger partial charge >= 0.3 is 0 Å².